The van der Waals surface area contributed by atoms with Gasteiger partial charge in [-0.15, -0.1) is 0 Å². The Morgan fingerprint density at radius 3 is 2.48 bits per heavy atom. The number of aromatic nitrogens is 1. The Labute approximate surface area is 147 Å². The molecule has 1 fully saturated rings. The molecule has 1 aliphatic rings. The smallest absolute Gasteiger partial charge is 0.223 e. The Kier molecular flexibility index (Phi) is 4.14. The molecule has 0 spiro atoms. The van der Waals surface area contributed by atoms with Crippen LogP contribution in [0.2, 0.25) is 0 Å². The topological polar surface area (TPSA) is 42.2 Å². The second kappa shape index (κ2) is 6.60. The van der Waals surface area contributed by atoms with E-state index in [0.29, 0.717) is 0 Å². The summed E-state index contributed by atoms with van der Waals surface area (Å²) in [5.74, 6) is 0.591. The first-order valence-corrected chi connectivity index (χ1v) is 8.81. The molecule has 1 aromatic heterocycles. The Hall–Kier alpha value is -2.81. The average molecular weight is 331 g/mol. The summed E-state index contributed by atoms with van der Waals surface area (Å²) in [6.07, 6.45) is 6.10. The zero-order valence-electron chi connectivity index (χ0n) is 14.1. The van der Waals surface area contributed by atoms with E-state index in [4.69, 9.17) is 0 Å². The van der Waals surface area contributed by atoms with Gasteiger partial charge in [-0.05, 0) is 42.0 Å². The maximum atomic E-state index is 11.9. The van der Waals surface area contributed by atoms with Gasteiger partial charge < -0.3 is 9.67 Å². The van der Waals surface area contributed by atoms with E-state index in [0.717, 1.165) is 41.3 Å². The molecular formula is C22H21NO2. The fraction of sp³-hybridized carbons (Fsp3) is 0.227. The Morgan fingerprint density at radius 2 is 1.72 bits per heavy atom. The minimum Gasteiger partial charge on any atom is -0.503 e. The molecule has 0 unspecified atom stereocenters. The number of aryl methyl sites for hydroxylation is 1. The first-order valence-electron chi connectivity index (χ1n) is 8.81. The number of hydrogen-bond acceptors (Lipinski definition) is 2. The molecule has 0 bridgehead atoms. The van der Waals surface area contributed by atoms with Crippen molar-refractivity contribution in [3.05, 3.63) is 82.8 Å². The third-order valence-corrected chi connectivity index (χ3v) is 4.85. The van der Waals surface area contributed by atoms with Crippen molar-refractivity contribution in [2.45, 2.75) is 25.7 Å². The maximum Gasteiger partial charge on any atom is 0.223 e. The molecular weight excluding hydrogens is 310 g/mol. The van der Waals surface area contributed by atoms with Crippen molar-refractivity contribution in [1.82, 2.24) is 4.57 Å². The Balaban J connectivity index is 1.75. The lowest BCUT2D eigenvalue weighted by Crippen LogP contribution is -2.11. The molecule has 1 N–H and O–H groups in total. The quantitative estimate of drug-likeness (QED) is 0.745. The summed E-state index contributed by atoms with van der Waals surface area (Å²) in [7, 11) is 0. The van der Waals surface area contributed by atoms with Crippen LogP contribution < -0.4 is 5.43 Å². The second-order valence-corrected chi connectivity index (χ2v) is 6.78. The van der Waals surface area contributed by atoms with E-state index < -0.39 is 0 Å². The zero-order valence-corrected chi connectivity index (χ0v) is 14.1. The van der Waals surface area contributed by atoms with Crippen molar-refractivity contribution < 1.29 is 5.11 Å². The van der Waals surface area contributed by atoms with Crippen LogP contribution in [-0.2, 0) is 6.42 Å². The number of aromatic hydroxyl groups is 1. The third-order valence-electron chi connectivity index (χ3n) is 4.85. The van der Waals surface area contributed by atoms with Gasteiger partial charge in [0, 0.05) is 17.4 Å². The molecule has 25 heavy (non-hydrogen) atoms. The number of rotatable bonds is 5. The molecule has 126 valence electrons. The summed E-state index contributed by atoms with van der Waals surface area (Å²) in [4.78, 5) is 11.9. The minimum absolute atomic E-state index is 0.208. The molecule has 3 nitrogen and oxygen atoms in total. The highest BCUT2D eigenvalue weighted by Gasteiger charge is 2.21. The molecule has 1 saturated carbocycles. The molecule has 0 aliphatic heterocycles. The molecule has 0 atom stereocenters. The van der Waals surface area contributed by atoms with Gasteiger partial charge in [0.1, 0.15) is 0 Å². The number of pyridine rings is 1. The fourth-order valence-electron chi connectivity index (χ4n) is 3.22. The van der Waals surface area contributed by atoms with Crippen molar-refractivity contribution in [1.29, 1.82) is 0 Å². The fourth-order valence-corrected chi connectivity index (χ4v) is 3.22. The minimum atomic E-state index is -0.304. The molecule has 0 saturated heterocycles. The lowest BCUT2D eigenvalue weighted by molar-refractivity contribution is 0.464. The standard InChI is InChI=1S/C22H21NO2/c24-21-14-20(12-11-16-9-10-16)23(15-22(21)25)19-8-4-7-18(13-19)17-5-2-1-3-6-17/h1-8,13-16,25H,9-12H2. The van der Waals surface area contributed by atoms with Crippen molar-refractivity contribution in [3.8, 4) is 22.6 Å². The summed E-state index contributed by atoms with van der Waals surface area (Å²) < 4.78 is 1.95. The van der Waals surface area contributed by atoms with Crippen LogP contribution in [-0.4, -0.2) is 9.67 Å². The van der Waals surface area contributed by atoms with Crippen LogP contribution in [0, 0.1) is 5.92 Å². The zero-order chi connectivity index (χ0) is 17.2. The van der Waals surface area contributed by atoms with Crippen LogP contribution in [0.15, 0.2) is 71.7 Å². The van der Waals surface area contributed by atoms with Gasteiger partial charge in [0.15, 0.2) is 5.75 Å². The van der Waals surface area contributed by atoms with E-state index in [9.17, 15) is 9.90 Å². The largest absolute Gasteiger partial charge is 0.503 e. The number of nitrogens with zero attached hydrogens (tertiary/aromatic N) is 1. The molecule has 0 radical (unpaired) electrons. The molecule has 0 amide bonds. The van der Waals surface area contributed by atoms with Gasteiger partial charge in [0.05, 0.1) is 6.20 Å². The van der Waals surface area contributed by atoms with Gasteiger partial charge in [0.25, 0.3) is 0 Å². The summed E-state index contributed by atoms with van der Waals surface area (Å²) in [5, 5.41) is 9.93. The summed E-state index contributed by atoms with van der Waals surface area (Å²) in [5.41, 5.74) is 3.88. The van der Waals surface area contributed by atoms with Gasteiger partial charge in [-0.1, -0.05) is 55.3 Å². The predicted octanol–water partition coefficient (Wildman–Crippen LogP) is 4.55. The number of hydrogen-bond donors (Lipinski definition) is 1. The predicted molar refractivity (Wildman–Crippen MR) is 100 cm³/mol. The van der Waals surface area contributed by atoms with Gasteiger partial charge in [-0.25, -0.2) is 0 Å². The van der Waals surface area contributed by atoms with E-state index in [-0.39, 0.29) is 11.2 Å². The SMILES string of the molecule is O=c1cc(CCC2CC2)n(-c2cccc(-c3ccccc3)c2)cc1O. The maximum absolute atomic E-state index is 11.9. The normalized spacial score (nSPS) is 13.8. The van der Waals surface area contributed by atoms with Crippen LogP contribution in [0.5, 0.6) is 5.75 Å². The van der Waals surface area contributed by atoms with Crippen LogP contribution in [0.3, 0.4) is 0 Å². The van der Waals surface area contributed by atoms with E-state index >= 15 is 0 Å². The molecule has 3 heteroatoms. The van der Waals surface area contributed by atoms with Gasteiger partial charge in [0.2, 0.25) is 5.43 Å². The van der Waals surface area contributed by atoms with Crippen molar-refractivity contribution >= 4 is 0 Å². The van der Waals surface area contributed by atoms with E-state index in [1.165, 1.54) is 12.8 Å². The molecule has 4 rings (SSSR count). The van der Waals surface area contributed by atoms with Gasteiger partial charge >= 0.3 is 0 Å². The number of benzene rings is 2. The van der Waals surface area contributed by atoms with Gasteiger partial charge in [-0.2, -0.15) is 0 Å². The molecule has 2 aromatic carbocycles. The molecule has 1 aliphatic carbocycles. The van der Waals surface area contributed by atoms with Crippen molar-refractivity contribution in [2.75, 3.05) is 0 Å². The Morgan fingerprint density at radius 1 is 0.960 bits per heavy atom. The highest BCUT2D eigenvalue weighted by atomic mass is 16.3. The summed E-state index contributed by atoms with van der Waals surface area (Å²) in [6, 6.07) is 20.0. The van der Waals surface area contributed by atoms with Crippen molar-refractivity contribution in [3.63, 3.8) is 0 Å². The molecule has 3 aromatic rings. The Bertz CT molecular complexity index is 940. The van der Waals surface area contributed by atoms with Crippen LogP contribution in [0.25, 0.3) is 16.8 Å². The monoisotopic (exact) mass is 331 g/mol. The lowest BCUT2D eigenvalue weighted by atomic mass is 10.0. The first-order chi connectivity index (χ1) is 12.2. The third kappa shape index (κ3) is 3.50. The van der Waals surface area contributed by atoms with E-state index in [2.05, 4.69) is 24.3 Å². The highest BCUT2D eigenvalue weighted by Crippen LogP contribution is 2.33. The molecule has 1 heterocycles. The summed E-state index contributed by atoms with van der Waals surface area (Å²) >= 11 is 0. The average Bonchev–Trinajstić information content (AvgIpc) is 3.48. The van der Waals surface area contributed by atoms with E-state index in [1.807, 2.05) is 34.9 Å². The first kappa shape index (κ1) is 15.7. The highest BCUT2D eigenvalue weighted by molar-refractivity contribution is 5.66. The van der Waals surface area contributed by atoms with Crippen LogP contribution in [0.4, 0.5) is 0 Å². The van der Waals surface area contributed by atoms with Crippen LogP contribution >= 0.6 is 0 Å². The summed E-state index contributed by atoms with van der Waals surface area (Å²) in [6.45, 7) is 0. The van der Waals surface area contributed by atoms with Gasteiger partial charge in [-0.3, -0.25) is 4.79 Å². The van der Waals surface area contributed by atoms with Crippen molar-refractivity contribution in [2.24, 2.45) is 5.92 Å². The van der Waals surface area contributed by atoms with Crippen LogP contribution in [0.1, 0.15) is 25.0 Å². The second-order valence-electron chi connectivity index (χ2n) is 6.78. The van der Waals surface area contributed by atoms with E-state index in [1.54, 1.807) is 12.3 Å². The lowest BCUT2D eigenvalue weighted by Gasteiger charge is -2.15.